The van der Waals surface area contributed by atoms with E-state index in [0.29, 0.717) is 24.7 Å². The van der Waals surface area contributed by atoms with E-state index < -0.39 is 0 Å². The lowest BCUT2D eigenvalue weighted by Gasteiger charge is -2.14. The summed E-state index contributed by atoms with van der Waals surface area (Å²) in [5, 5.41) is 0.701. The van der Waals surface area contributed by atoms with E-state index in [1.165, 1.54) is 0 Å². The molecule has 0 saturated heterocycles. The van der Waals surface area contributed by atoms with Crippen LogP contribution in [0.3, 0.4) is 0 Å². The molecule has 1 aromatic rings. The Morgan fingerprint density at radius 1 is 1.38 bits per heavy atom. The third kappa shape index (κ3) is 4.00. The molecule has 0 heterocycles. The van der Waals surface area contributed by atoms with Crippen LogP contribution in [-0.4, -0.2) is 26.4 Å². The number of hydrogen-bond donors (Lipinski definition) is 1. The minimum Gasteiger partial charge on any atom is -0.491 e. The van der Waals surface area contributed by atoms with Crippen molar-refractivity contribution >= 4 is 11.6 Å². The molecular weight excluding hydrogens is 226 g/mol. The average molecular weight is 244 g/mol. The van der Waals surface area contributed by atoms with Gasteiger partial charge in [-0.3, -0.25) is 0 Å². The number of rotatable bonds is 6. The van der Waals surface area contributed by atoms with Crippen molar-refractivity contribution in [3.8, 4) is 5.75 Å². The van der Waals surface area contributed by atoms with Gasteiger partial charge in [0.15, 0.2) is 0 Å². The highest BCUT2D eigenvalue weighted by Gasteiger charge is 2.10. The third-order valence-corrected chi connectivity index (χ3v) is 2.50. The van der Waals surface area contributed by atoms with Crippen molar-refractivity contribution in [1.29, 1.82) is 0 Å². The largest absolute Gasteiger partial charge is 0.491 e. The van der Waals surface area contributed by atoms with E-state index in [0.717, 1.165) is 11.3 Å². The molecule has 0 aliphatic carbocycles. The van der Waals surface area contributed by atoms with Crippen LogP contribution < -0.4 is 10.5 Å². The van der Waals surface area contributed by atoms with Crippen LogP contribution >= 0.6 is 11.6 Å². The molecule has 0 amide bonds. The van der Waals surface area contributed by atoms with Gasteiger partial charge in [0.05, 0.1) is 6.61 Å². The van der Waals surface area contributed by atoms with Gasteiger partial charge in [-0.1, -0.05) is 17.7 Å². The fourth-order valence-electron chi connectivity index (χ4n) is 1.43. The van der Waals surface area contributed by atoms with Gasteiger partial charge in [-0.25, -0.2) is 0 Å². The number of benzene rings is 1. The van der Waals surface area contributed by atoms with Crippen LogP contribution in [0.5, 0.6) is 5.75 Å². The number of methoxy groups -OCH3 is 1. The number of hydrogen-bond acceptors (Lipinski definition) is 3. The summed E-state index contributed by atoms with van der Waals surface area (Å²) in [5.74, 6) is 0.793. The van der Waals surface area contributed by atoms with Crippen LogP contribution in [-0.2, 0) is 11.2 Å². The molecule has 0 aliphatic heterocycles. The zero-order chi connectivity index (χ0) is 12.0. The Morgan fingerprint density at radius 2 is 2.12 bits per heavy atom. The van der Waals surface area contributed by atoms with Gasteiger partial charge in [-0.05, 0) is 25.5 Å². The van der Waals surface area contributed by atoms with E-state index in [9.17, 15) is 0 Å². The highest BCUT2D eigenvalue weighted by molar-refractivity contribution is 6.31. The molecule has 90 valence electrons. The van der Waals surface area contributed by atoms with E-state index in [1.807, 2.05) is 25.1 Å². The molecule has 0 bridgehead atoms. The van der Waals surface area contributed by atoms with E-state index in [-0.39, 0.29) is 6.04 Å². The van der Waals surface area contributed by atoms with Gasteiger partial charge in [0.25, 0.3) is 0 Å². The molecule has 4 heteroatoms. The van der Waals surface area contributed by atoms with Crippen molar-refractivity contribution in [1.82, 2.24) is 0 Å². The quantitative estimate of drug-likeness (QED) is 0.780. The second-order valence-corrected chi connectivity index (χ2v) is 4.15. The summed E-state index contributed by atoms with van der Waals surface area (Å²) in [5.41, 5.74) is 6.75. The van der Waals surface area contributed by atoms with E-state index in [4.69, 9.17) is 26.8 Å². The summed E-state index contributed by atoms with van der Waals surface area (Å²) in [4.78, 5) is 0. The number of nitrogens with two attached hydrogens (primary N) is 1. The maximum atomic E-state index is 6.12. The monoisotopic (exact) mass is 243 g/mol. The first-order valence-electron chi connectivity index (χ1n) is 5.30. The first kappa shape index (κ1) is 13.3. The molecule has 0 aliphatic rings. The van der Waals surface area contributed by atoms with Crippen molar-refractivity contribution in [2.24, 2.45) is 5.73 Å². The number of halogens is 1. The number of ether oxygens (including phenoxy) is 2. The van der Waals surface area contributed by atoms with E-state index in [1.54, 1.807) is 7.11 Å². The lowest BCUT2D eigenvalue weighted by molar-refractivity contribution is 0.145. The van der Waals surface area contributed by atoms with Crippen LogP contribution in [0.15, 0.2) is 18.2 Å². The summed E-state index contributed by atoms with van der Waals surface area (Å²) >= 11 is 6.12. The van der Waals surface area contributed by atoms with Crippen molar-refractivity contribution in [2.75, 3.05) is 20.3 Å². The van der Waals surface area contributed by atoms with Crippen LogP contribution in [0, 0.1) is 0 Å². The zero-order valence-corrected chi connectivity index (χ0v) is 10.5. The second-order valence-electron chi connectivity index (χ2n) is 3.74. The summed E-state index contributed by atoms with van der Waals surface area (Å²) in [6.45, 7) is 3.02. The molecule has 3 nitrogen and oxygen atoms in total. The summed E-state index contributed by atoms with van der Waals surface area (Å²) in [6, 6.07) is 5.68. The predicted octanol–water partition coefficient (Wildman–Crippen LogP) is 2.25. The van der Waals surface area contributed by atoms with E-state index in [2.05, 4.69) is 0 Å². The maximum Gasteiger partial charge on any atom is 0.124 e. The topological polar surface area (TPSA) is 44.5 Å². The Balaban J connectivity index is 2.76. The molecule has 0 saturated carbocycles. The predicted molar refractivity (Wildman–Crippen MR) is 66.2 cm³/mol. The maximum absolute atomic E-state index is 6.12. The SMILES string of the molecule is COCCOc1cccc(Cl)c1CC(C)N. The average Bonchev–Trinajstić information content (AvgIpc) is 2.23. The van der Waals surface area contributed by atoms with Gasteiger partial charge < -0.3 is 15.2 Å². The molecule has 1 aromatic carbocycles. The summed E-state index contributed by atoms with van der Waals surface area (Å²) in [7, 11) is 1.64. The molecule has 1 rings (SSSR count). The van der Waals surface area contributed by atoms with Gasteiger partial charge in [0.2, 0.25) is 0 Å². The second kappa shape index (κ2) is 6.74. The molecule has 0 fully saturated rings. The zero-order valence-electron chi connectivity index (χ0n) is 9.70. The first-order valence-corrected chi connectivity index (χ1v) is 5.67. The van der Waals surface area contributed by atoms with Crippen LogP contribution in [0.4, 0.5) is 0 Å². The van der Waals surface area contributed by atoms with E-state index >= 15 is 0 Å². The van der Waals surface area contributed by atoms with Crippen LogP contribution in [0.2, 0.25) is 5.02 Å². The molecule has 0 aromatic heterocycles. The fraction of sp³-hybridized carbons (Fsp3) is 0.500. The van der Waals surface area contributed by atoms with Crippen molar-refractivity contribution < 1.29 is 9.47 Å². The van der Waals surface area contributed by atoms with Crippen LogP contribution in [0.25, 0.3) is 0 Å². The van der Waals surface area contributed by atoms with Gasteiger partial charge in [-0.2, -0.15) is 0 Å². The minimum absolute atomic E-state index is 0.0599. The smallest absolute Gasteiger partial charge is 0.124 e. The van der Waals surface area contributed by atoms with Crippen molar-refractivity contribution in [2.45, 2.75) is 19.4 Å². The Kier molecular flexibility index (Phi) is 5.60. The van der Waals surface area contributed by atoms with Gasteiger partial charge >= 0.3 is 0 Å². The lowest BCUT2D eigenvalue weighted by atomic mass is 10.1. The molecule has 0 radical (unpaired) electrons. The summed E-state index contributed by atoms with van der Waals surface area (Å²) in [6.07, 6.45) is 0.710. The van der Waals surface area contributed by atoms with Crippen molar-refractivity contribution in [3.63, 3.8) is 0 Å². The highest BCUT2D eigenvalue weighted by atomic mass is 35.5. The molecule has 1 atom stereocenters. The van der Waals surface area contributed by atoms with Crippen molar-refractivity contribution in [3.05, 3.63) is 28.8 Å². The molecule has 16 heavy (non-hydrogen) atoms. The fourth-order valence-corrected chi connectivity index (χ4v) is 1.67. The Bertz CT molecular complexity index is 329. The third-order valence-electron chi connectivity index (χ3n) is 2.15. The summed E-state index contributed by atoms with van der Waals surface area (Å²) < 4.78 is 10.5. The van der Waals surface area contributed by atoms with Gasteiger partial charge in [-0.15, -0.1) is 0 Å². The molecule has 1 unspecified atom stereocenters. The molecule has 0 spiro atoms. The molecular formula is C12H18ClNO2. The standard InChI is InChI=1S/C12H18ClNO2/c1-9(14)8-10-11(13)4-3-5-12(10)16-7-6-15-2/h3-5,9H,6-8,14H2,1-2H3. The van der Waals surface area contributed by atoms with Crippen LogP contribution in [0.1, 0.15) is 12.5 Å². The van der Waals surface area contributed by atoms with Gasteiger partial charge in [0, 0.05) is 23.7 Å². The normalized spacial score (nSPS) is 12.5. The molecule has 2 N–H and O–H groups in total. The van der Waals surface area contributed by atoms with Gasteiger partial charge in [0.1, 0.15) is 12.4 Å². The minimum atomic E-state index is 0.0599. The Morgan fingerprint density at radius 3 is 2.75 bits per heavy atom. The Labute approximate surface area is 101 Å². The Hall–Kier alpha value is -0.770. The first-order chi connectivity index (χ1) is 7.65. The lowest BCUT2D eigenvalue weighted by Crippen LogP contribution is -2.19. The highest BCUT2D eigenvalue weighted by Crippen LogP contribution is 2.27.